The van der Waals surface area contributed by atoms with Gasteiger partial charge in [0, 0.05) is 6.07 Å². The van der Waals surface area contributed by atoms with Crippen LogP contribution in [0.5, 0.6) is 5.88 Å². The van der Waals surface area contributed by atoms with Crippen LogP contribution in [0.25, 0.3) is 0 Å². The van der Waals surface area contributed by atoms with Gasteiger partial charge in [0.2, 0.25) is 5.88 Å². The standard InChI is InChI=1S/C7H7F2NO2/c1-12-7-4(6(8)9)2-3-5(11)10-7/h2-3,6H,1H3,(H,10,11). The van der Waals surface area contributed by atoms with Crippen LogP contribution < -0.4 is 10.3 Å². The molecule has 0 bridgehead atoms. The van der Waals surface area contributed by atoms with Gasteiger partial charge in [0.15, 0.2) is 0 Å². The Hall–Kier alpha value is -1.39. The third-order valence-electron chi connectivity index (χ3n) is 1.35. The number of methoxy groups -OCH3 is 1. The van der Waals surface area contributed by atoms with Gasteiger partial charge in [-0.15, -0.1) is 0 Å². The van der Waals surface area contributed by atoms with Crippen molar-refractivity contribution < 1.29 is 13.5 Å². The highest BCUT2D eigenvalue weighted by atomic mass is 19.3. The maximum atomic E-state index is 12.1. The third-order valence-corrected chi connectivity index (χ3v) is 1.35. The SMILES string of the molecule is COc1[nH]c(=O)ccc1C(F)F. The molecule has 66 valence electrons. The number of halogens is 2. The fourth-order valence-electron chi connectivity index (χ4n) is 0.808. The molecule has 1 N–H and O–H groups in total. The maximum Gasteiger partial charge on any atom is 0.268 e. The number of nitrogens with one attached hydrogen (secondary N) is 1. The van der Waals surface area contributed by atoms with E-state index in [4.69, 9.17) is 0 Å². The summed E-state index contributed by atoms with van der Waals surface area (Å²) < 4.78 is 28.8. The fraction of sp³-hybridized carbons (Fsp3) is 0.286. The molecular formula is C7H7F2NO2. The Morgan fingerprint density at radius 3 is 2.67 bits per heavy atom. The molecule has 1 aromatic rings. The quantitative estimate of drug-likeness (QED) is 0.736. The number of aromatic nitrogens is 1. The summed E-state index contributed by atoms with van der Waals surface area (Å²) in [7, 11) is 1.22. The lowest BCUT2D eigenvalue weighted by Crippen LogP contribution is -2.07. The average Bonchev–Trinajstić information content (AvgIpc) is 2.03. The molecule has 0 fully saturated rings. The van der Waals surface area contributed by atoms with E-state index in [2.05, 4.69) is 9.72 Å². The van der Waals surface area contributed by atoms with E-state index in [-0.39, 0.29) is 11.4 Å². The molecule has 3 nitrogen and oxygen atoms in total. The third kappa shape index (κ3) is 1.61. The maximum absolute atomic E-state index is 12.1. The van der Waals surface area contributed by atoms with Crippen molar-refractivity contribution in [3.63, 3.8) is 0 Å². The molecule has 1 rings (SSSR count). The zero-order valence-corrected chi connectivity index (χ0v) is 6.30. The second-order valence-electron chi connectivity index (χ2n) is 2.11. The van der Waals surface area contributed by atoms with E-state index < -0.39 is 12.0 Å². The summed E-state index contributed by atoms with van der Waals surface area (Å²) in [5.74, 6) is -0.183. The van der Waals surface area contributed by atoms with Crippen LogP contribution in [0.3, 0.4) is 0 Å². The van der Waals surface area contributed by atoms with Gasteiger partial charge in [-0.3, -0.25) is 9.78 Å². The predicted molar refractivity (Wildman–Crippen MR) is 38.6 cm³/mol. The number of hydrogen-bond acceptors (Lipinski definition) is 2. The molecule has 0 atom stereocenters. The minimum atomic E-state index is -2.64. The highest BCUT2D eigenvalue weighted by molar-refractivity contribution is 5.26. The van der Waals surface area contributed by atoms with Crippen molar-refractivity contribution in [3.05, 3.63) is 28.0 Å². The second kappa shape index (κ2) is 3.34. The molecule has 12 heavy (non-hydrogen) atoms. The lowest BCUT2D eigenvalue weighted by molar-refractivity contribution is 0.146. The number of hydrogen-bond donors (Lipinski definition) is 1. The van der Waals surface area contributed by atoms with Crippen LogP contribution in [0.1, 0.15) is 12.0 Å². The van der Waals surface area contributed by atoms with Crippen molar-refractivity contribution >= 4 is 0 Å². The summed E-state index contributed by atoms with van der Waals surface area (Å²) in [6.07, 6.45) is -2.64. The summed E-state index contributed by atoms with van der Waals surface area (Å²) in [5, 5.41) is 0. The van der Waals surface area contributed by atoms with E-state index in [1.165, 1.54) is 7.11 Å². The Kier molecular flexibility index (Phi) is 2.42. The molecule has 0 aromatic carbocycles. The van der Waals surface area contributed by atoms with E-state index in [0.717, 1.165) is 12.1 Å². The first kappa shape index (κ1) is 8.70. The molecule has 0 aliphatic carbocycles. The average molecular weight is 175 g/mol. The zero-order valence-electron chi connectivity index (χ0n) is 6.30. The predicted octanol–water partition coefficient (Wildman–Crippen LogP) is 1.32. The van der Waals surface area contributed by atoms with Gasteiger partial charge in [-0.05, 0) is 6.07 Å². The van der Waals surface area contributed by atoms with Crippen molar-refractivity contribution in [2.45, 2.75) is 6.43 Å². The van der Waals surface area contributed by atoms with Gasteiger partial charge in [0.1, 0.15) is 0 Å². The number of ether oxygens (including phenoxy) is 1. The van der Waals surface area contributed by atoms with Crippen molar-refractivity contribution in [3.8, 4) is 5.88 Å². The molecule has 0 saturated heterocycles. The fourth-order valence-corrected chi connectivity index (χ4v) is 0.808. The van der Waals surface area contributed by atoms with Crippen LogP contribution >= 0.6 is 0 Å². The van der Waals surface area contributed by atoms with E-state index in [9.17, 15) is 13.6 Å². The second-order valence-corrected chi connectivity index (χ2v) is 2.11. The van der Waals surface area contributed by atoms with Crippen LogP contribution in [0, 0.1) is 0 Å². The van der Waals surface area contributed by atoms with Gasteiger partial charge in [0.05, 0.1) is 12.7 Å². The van der Waals surface area contributed by atoms with Crippen LogP contribution in [0.15, 0.2) is 16.9 Å². The van der Waals surface area contributed by atoms with Gasteiger partial charge < -0.3 is 4.74 Å². The van der Waals surface area contributed by atoms with Gasteiger partial charge in [0.25, 0.3) is 12.0 Å². The van der Waals surface area contributed by atoms with Crippen molar-refractivity contribution in [2.24, 2.45) is 0 Å². The smallest absolute Gasteiger partial charge is 0.268 e. The minimum Gasteiger partial charge on any atom is -0.482 e. The number of pyridine rings is 1. The van der Waals surface area contributed by atoms with Crippen molar-refractivity contribution in [2.75, 3.05) is 7.11 Å². The van der Waals surface area contributed by atoms with Gasteiger partial charge in [-0.25, -0.2) is 8.78 Å². The van der Waals surface area contributed by atoms with Crippen LogP contribution in [-0.2, 0) is 0 Å². The topological polar surface area (TPSA) is 42.1 Å². The van der Waals surface area contributed by atoms with Gasteiger partial charge >= 0.3 is 0 Å². The van der Waals surface area contributed by atoms with Crippen LogP contribution in [0.2, 0.25) is 0 Å². The molecular weight excluding hydrogens is 168 g/mol. The first-order chi connectivity index (χ1) is 5.65. The summed E-state index contributed by atoms with van der Waals surface area (Å²) >= 11 is 0. The first-order valence-corrected chi connectivity index (χ1v) is 3.20. The van der Waals surface area contributed by atoms with E-state index in [1.807, 2.05) is 0 Å². The molecule has 5 heteroatoms. The minimum absolute atomic E-state index is 0.183. The number of aromatic amines is 1. The molecule has 1 heterocycles. The molecule has 0 spiro atoms. The Bertz CT molecular complexity index is 321. The van der Waals surface area contributed by atoms with Crippen LogP contribution in [0.4, 0.5) is 8.78 Å². The van der Waals surface area contributed by atoms with E-state index in [0.29, 0.717) is 0 Å². The molecule has 0 aliphatic rings. The monoisotopic (exact) mass is 175 g/mol. The lowest BCUT2D eigenvalue weighted by Gasteiger charge is -2.04. The number of rotatable bonds is 2. The molecule has 1 aromatic heterocycles. The van der Waals surface area contributed by atoms with Crippen molar-refractivity contribution in [1.29, 1.82) is 0 Å². The summed E-state index contributed by atoms with van der Waals surface area (Å²) in [6, 6.07) is 2.08. The summed E-state index contributed by atoms with van der Waals surface area (Å²) in [4.78, 5) is 12.8. The Morgan fingerprint density at radius 2 is 2.17 bits per heavy atom. The highest BCUT2D eigenvalue weighted by Crippen LogP contribution is 2.24. The number of alkyl halides is 2. The van der Waals surface area contributed by atoms with E-state index >= 15 is 0 Å². The summed E-state index contributed by atoms with van der Waals surface area (Å²) in [5.41, 5.74) is -0.770. The largest absolute Gasteiger partial charge is 0.482 e. The molecule has 0 saturated carbocycles. The highest BCUT2D eigenvalue weighted by Gasteiger charge is 2.13. The van der Waals surface area contributed by atoms with E-state index in [1.54, 1.807) is 0 Å². The van der Waals surface area contributed by atoms with Crippen LogP contribution in [-0.4, -0.2) is 12.1 Å². The normalized spacial score (nSPS) is 10.3. The molecule has 0 radical (unpaired) electrons. The summed E-state index contributed by atoms with van der Waals surface area (Å²) in [6.45, 7) is 0. The molecule has 0 unspecified atom stereocenters. The molecule has 0 amide bonds. The Labute approximate surface area is 67.0 Å². The number of H-pyrrole nitrogens is 1. The molecule has 0 aliphatic heterocycles. The van der Waals surface area contributed by atoms with Crippen molar-refractivity contribution in [1.82, 2.24) is 4.98 Å². The lowest BCUT2D eigenvalue weighted by atomic mass is 10.3. The zero-order chi connectivity index (χ0) is 9.14. The Balaban J connectivity index is 3.20. The first-order valence-electron chi connectivity index (χ1n) is 3.20. The van der Waals surface area contributed by atoms with Gasteiger partial charge in [-0.2, -0.15) is 0 Å². The van der Waals surface area contributed by atoms with Gasteiger partial charge in [-0.1, -0.05) is 0 Å². The Morgan fingerprint density at radius 1 is 1.50 bits per heavy atom.